The maximum absolute atomic E-state index is 4.83. The van der Waals surface area contributed by atoms with Crippen molar-refractivity contribution in [3.63, 3.8) is 0 Å². The molecule has 3 aromatic heterocycles. The highest BCUT2D eigenvalue weighted by Crippen LogP contribution is 2.38. The Morgan fingerprint density at radius 1 is 1.33 bits per heavy atom. The van der Waals surface area contributed by atoms with Gasteiger partial charge >= 0.3 is 0 Å². The lowest BCUT2D eigenvalue weighted by atomic mass is 9.89. The lowest BCUT2D eigenvalue weighted by Gasteiger charge is -2.17. The van der Waals surface area contributed by atoms with Crippen molar-refractivity contribution in [2.75, 3.05) is 0 Å². The van der Waals surface area contributed by atoms with Gasteiger partial charge in [0.2, 0.25) is 0 Å². The average molecular weight is 300 g/mol. The molecule has 110 valence electrons. The summed E-state index contributed by atoms with van der Waals surface area (Å²) in [4.78, 5) is 12.1. The van der Waals surface area contributed by atoms with E-state index < -0.39 is 0 Å². The van der Waals surface area contributed by atoms with Gasteiger partial charge < -0.3 is 0 Å². The molecule has 4 nitrogen and oxygen atoms in total. The molecule has 0 saturated heterocycles. The van der Waals surface area contributed by atoms with Gasteiger partial charge in [0.1, 0.15) is 11.2 Å². The number of thiophene rings is 1. The number of nitrogens with zero attached hydrogens (tertiary/aromatic N) is 4. The van der Waals surface area contributed by atoms with Crippen molar-refractivity contribution in [2.24, 2.45) is 5.92 Å². The zero-order valence-electron chi connectivity index (χ0n) is 13.0. The van der Waals surface area contributed by atoms with Crippen LogP contribution in [-0.4, -0.2) is 19.6 Å². The Kier molecular flexibility index (Phi) is 2.67. The van der Waals surface area contributed by atoms with Gasteiger partial charge in [0.15, 0.2) is 11.5 Å². The summed E-state index contributed by atoms with van der Waals surface area (Å²) in [5, 5.41) is 5.87. The van der Waals surface area contributed by atoms with E-state index in [2.05, 4.69) is 37.8 Å². The number of rotatable bonds is 0. The zero-order chi connectivity index (χ0) is 14.8. The Balaban J connectivity index is 2.02. The van der Waals surface area contributed by atoms with Crippen molar-refractivity contribution >= 4 is 27.2 Å². The molecular weight excluding hydrogens is 280 g/mol. The normalized spacial score (nSPS) is 19.3. The summed E-state index contributed by atoms with van der Waals surface area (Å²) in [5.74, 6) is 1.67. The minimum absolute atomic E-state index is 0.0387. The van der Waals surface area contributed by atoms with E-state index in [1.807, 2.05) is 22.2 Å². The molecule has 0 aliphatic heterocycles. The molecule has 0 aromatic carbocycles. The third-order valence-electron chi connectivity index (χ3n) is 4.30. The fourth-order valence-electron chi connectivity index (χ4n) is 3.06. The maximum atomic E-state index is 4.83. The van der Waals surface area contributed by atoms with Crippen LogP contribution in [0.25, 0.3) is 15.9 Å². The Hall–Kier alpha value is -1.49. The Bertz CT molecular complexity index is 837. The minimum Gasteiger partial charge on any atom is -0.225 e. The Morgan fingerprint density at radius 3 is 2.90 bits per heavy atom. The highest BCUT2D eigenvalue weighted by atomic mass is 32.1. The van der Waals surface area contributed by atoms with Crippen molar-refractivity contribution in [3.05, 3.63) is 22.6 Å². The monoisotopic (exact) mass is 300 g/mol. The van der Waals surface area contributed by atoms with Crippen LogP contribution >= 0.6 is 11.3 Å². The van der Waals surface area contributed by atoms with E-state index in [1.54, 1.807) is 0 Å². The summed E-state index contributed by atoms with van der Waals surface area (Å²) in [5.41, 5.74) is 2.42. The maximum Gasteiger partial charge on any atom is 0.167 e. The molecule has 1 aliphatic rings. The molecule has 1 unspecified atom stereocenters. The molecule has 0 bridgehead atoms. The Labute approximate surface area is 128 Å². The number of aromatic nitrogens is 4. The molecule has 0 radical (unpaired) electrons. The van der Waals surface area contributed by atoms with Crippen molar-refractivity contribution in [1.29, 1.82) is 0 Å². The minimum atomic E-state index is -0.0387. The van der Waals surface area contributed by atoms with Gasteiger partial charge in [-0.3, -0.25) is 0 Å². The van der Waals surface area contributed by atoms with Gasteiger partial charge in [0.05, 0.1) is 5.39 Å². The van der Waals surface area contributed by atoms with Crippen LogP contribution in [0.15, 0.2) is 6.33 Å². The summed E-state index contributed by atoms with van der Waals surface area (Å²) in [7, 11) is 0. The van der Waals surface area contributed by atoms with Gasteiger partial charge in [0, 0.05) is 10.3 Å². The highest BCUT2D eigenvalue weighted by molar-refractivity contribution is 7.19. The topological polar surface area (TPSA) is 43.1 Å². The molecule has 0 N–H and O–H groups in total. The van der Waals surface area contributed by atoms with Crippen molar-refractivity contribution < 1.29 is 0 Å². The van der Waals surface area contributed by atoms with Crippen molar-refractivity contribution in [2.45, 2.75) is 52.4 Å². The predicted molar refractivity (Wildman–Crippen MR) is 86.1 cm³/mol. The molecule has 0 spiro atoms. The third kappa shape index (κ3) is 1.98. The number of fused-ring (bicyclic) bond motifs is 5. The second-order valence-corrected chi connectivity index (χ2v) is 8.31. The summed E-state index contributed by atoms with van der Waals surface area (Å²) in [6.45, 7) is 8.79. The lowest BCUT2D eigenvalue weighted by molar-refractivity contribution is 0.509. The molecule has 21 heavy (non-hydrogen) atoms. The van der Waals surface area contributed by atoms with Gasteiger partial charge in [-0.15, -0.1) is 16.4 Å². The second-order valence-electron chi connectivity index (χ2n) is 7.23. The fraction of sp³-hybridized carbons (Fsp3) is 0.562. The summed E-state index contributed by atoms with van der Waals surface area (Å²) in [6, 6.07) is 0. The number of hydrogen-bond donors (Lipinski definition) is 0. The van der Waals surface area contributed by atoms with Gasteiger partial charge in [-0.25, -0.2) is 14.5 Å². The first-order valence-corrected chi connectivity index (χ1v) is 8.41. The highest BCUT2D eigenvalue weighted by Gasteiger charge is 2.25. The molecule has 3 aromatic rings. The van der Waals surface area contributed by atoms with Crippen LogP contribution in [0.2, 0.25) is 0 Å². The number of aryl methyl sites for hydroxylation is 1. The second kappa shape index (κ2) is 4.26. The van der Waals surface area contributed by atoms with Crippen molar-refractivity contribution in [1.82, 2.24) is 19.6 Å². The molecule has 0 saturated carbocycles. The summed E-state index contributed by atoms with van der Waals surface area (Å²) in [6.07, 6.45) is 5.41. The van der Waals surface area contributed by atoms with E-state index >= 15 is 0 Å². The summed E-state index contributed by atoms with van der Waals surface area (Å²) >= 11 is 1.84. The van der Waals surface area contributed by atoms with Gasteiger partial charge in [-0.2, -0.15) is 0 Å². The third-order valence-corrected chi connectivity index (χ3v) is 5.47. The average Bonchev–Trinajstić information content (AvgIpc) is 2.96. The molecule has 1 aliphatic carbocycles. The van der Waals surface area contributed by atoms with E-state index in [9.17, 15) is 0 Å². The first kappa shape index (κ1) is 13.2. The standard InChI is InChI=1S/C16H20N4S/c1-9-5-6-10-11(7-9)21-14-12(10)13-18-15(16(2,3)4)19-20(13)8-17-14/h8-9H,5-7H2,1-4H3. The molecule has 1 atom stereocenters. The van der Waals surface area contributed by atoms with Crippen LogP contribution in [-0.2, 0) is 18.3 Å². The Morgan fingerprint density at radius 2 is 2.14 bits per heavy atom. The quantitative estimate of drug-likeness (QED) is 0.635. The van der Waals surface area contributed by atoms with E-state index in [0.717, 1.165) is 28.6 Å². The summed E-state index contributed by atoms with van der Waals surface area (Å²) < 4.78 is 1.86. The van der Waals surface area contributed by atoms with E-state index in [1.165, 1.54) is 28.7 Å². The van der Waals surface area contributed by atoms with Crippen LogP contribution in [0.1, 0.15) is 50.4 Å². The van der Waals surface area contributed by atoms with Crippen LogP contribution in [0.4, 0.5) is 0 Å². The van der Waals surface area contributed by atoms with E-state index in [-0.39, 0.29) is 5.41 Å². The fourth-order valence-corrected chi connectivity index (χ4v) is 4.40. The molecule has 4 rings (SSSR count). The molecule has 0 fully saturated rings. The number of hydrogen-bond acceptors (Lipinski definition) is 4. The van der Waals surface area contributed by atoms with Gasteiger partial charge in [0.25, 0.3) is 0 Å². The largest absolute Gasteiger partial charge is 0.225 e. The van der Waals surface area contributed by atoms with Crippen LogP contribution in [0.5, 0.6) is 0 Å². The first-order chi connectivity index (χ1) is 9.93. The molecule has 3 heterocycles. The molecule has 0 amide bonds. The molecule has 5 heteroatoms. The smallest absolute Gasteiger partial charge is 0.167 e. The SMILES string of the molecule is CC1CCc2c(sc3ncn4nc(C(C)(C)C)nc4c23)C1. The van der Waals surface area contributed by atoms with Crippen LogP contribution in [0, 0.1) is 5.92 Å². The van der Waals surface area contributed by atoms with E-state index in [4.69, 9.17) is 4.98 Å². The van der Waals surface area contributed by atoms with Crippen LogP contribution < -0.4 is 0 Å². The van der Waals surface area contributed by atoms with E-state index in [0.29, 0.717) is 0 Å². The van der Waals surface area contributed by atoms with Crippen LogP contribution in [0.3, 0.4) is 0 Å². The van der Waals surface area contributed by atoms with Crippen molar-refractivity contribution in [3.8, 4) is 0 Å². The molecular formula is C16H20N4S. The zero-order valence-corrected chi connectivity index (χ0v) is 13.8. The lowest BCUT2D eigenvalue weighted by Crippen LogP contribution is -2.13. The predicted octanol–water partition coefficient (Wildman–Crippen LogP) is 3.76. The van der Waals surface area contributed by atoms with Gasteiger partial charge in [-0.05, 0) is 30.7 Å². The van der Waals surface area contributed by atoms with Gasteiger partial charge in [-0.1, -0.05) is 27.7 Å². The first-order valence-electron chi connectivity index (χ1n) is 7.59.